The van der Waals surface area contributed by atoms with Crippen LogP contribution in [0.3, 0.4) is 0 Å². The monoisotopic (exact) mass is 431 g/mol. The second-order valence-electron chi connectivity index (χ2n) is 7.44. The lowest BCUT2D eigenvalue weighted by Gasteiger charge is -2.25. The van der Waals surface area contributed by atoms with E-state index in [2.05, 4.69) is 15.2 Å². The van der Waals surface area contributed by atoms with Crippen LogP contribution in [0, 0.1) is 6.92 Å². The summed E-state index contributed by atoms with van der Waals surface area (Å²) in [5, 5.41) is 8.12. The van der Waals surface area contributed by atoms with Crippen molar-refractivity contribution in [2.45, 2.75) is 46.8 Å². The third-order valence-electron chi connectivity index (χ3n) is 4.38. The maximum absolute atomic E-state index is 5.89. The molecule has 3 rings (SSSR count). The average Bonchev–Trinajstić information content (AvgIpc) is 3.16. The van der Waals surface area contributed by atoms with Gasteiger partial charge in [-0.1, -0.05) is 44.2 Å². The van der Waals surface area contributed by atoms with Gasteiger partial charge in [0.05, 0.1) is 44.8 Å². The number of hydrogen-bond acceptors (Lipinski definition) is 6. The highest BCUT2D eigenvalue weighted by atomic mass is 16.6. The molecule has 0 radical (unpaired) electrons. The molecule has 0 fully saturated rings. The molecule has 0 amide bonds. The molecule has 7 nitrogen and oxygen atoms in total. The number of ether oxygens (including phenoxy) is 4. The first-order chi connectivity index (χ1) is 15.0. The standard InChI is InChI=1S/C22H29N3O4.C2H6.H2/c1-17-19-13-21(23-14-20(19)25-24-17)28-16-22(2,3)29-12-11-26-9-10-27-15-18-7-5-4-6-8-18;1-2;/h4-8,13-14H,9-12,15-16H2,1-3H3,(H,24,25);1-2H3;1H. The molecule has 0 bridgehead atoms. The van der Waals surface area contributed by atoms with Crippen molar-refractivity contribution in [2.75, 3.05) is 33.0 Å². The van der Waals surface area contributed by atoms with E-state index in [1.165, 1.54) is 0 Å². The first-order valence-electron chi connectivity index (χ1n) is 10.8. The van der Waals surface area contributed by atoms with Crippen LogP contribution < -0.4 is 4.74 Å². The van der Waals surface area contributed by atoms with E-state index in [1.807, 2.05) is 71.0 Å². The van der Waals surface area contributed by atoms with Crippen molar-refractivity contribution in [1.82, 2.24) is 15.2 Å². The molecule has 0 saturated carbocycles. The molecule has 0 aliphatic rings. The number of fused-ring (bicyclic) bond motifs is 1. The Bertz CT molecular complexity index is 887. The zero-order valence-corrected chi connectivity index (χ0v) is 19.3. The molecule has 0 spiro atoms. The van der Waals surface area contributed by atoms with Crippen LogP contribution in [0.2, 0.25) is 0 Å². The number of aromatic amines is 1. The maximum atomic E-state index is 5.89. The van der Waals surface area contributed by atoms with Crippen molar-refractivity contribution >= 4 is 10.9 Å². The maximum Gasteiger partial charge on any atom is 0.214 e. The van der Waals surface area contributed by atoms with Crippen LogP contribution in [0.1, 0.15) is 40.4 Å². The normalized spacial score (nSPS) is 11.3. The number of nitrogens with zero attached hydrogens (tertiary/aromatic N) is 2. The number of pyridine rings is 1. The predicted octanol–water partition coefficient (Wildman–Crippen LogP) is 4.95. The van der Waals surface area contributed by atoms with E-state index >= 15 is 0 Å². The number of benzene rings is 1. The van der Waals surface area contributed by atoms with Gasteiger partial charge in [0, 0.05) is 18.6 Å². The smallest absolute Gasteiger partial charge is 0.214 e. The van der Waals surface area contributed by atoms with Gasteiger partial charge in [0.2, 0.25) is 5.88 Å². The molecule has 0 aliphatic heterocycles. The molecule has 2 heterocycles. The summed E-state index contributed by atoms with van der Waals surface area (Å²) in [4.78, 5) is 4.28. The summed E-state index contributed by atoms with van der Waals surface area (Å²) < 4.78 is 22.9. The van der Waals surface area contributed by atoms with Crippen molar-refractivity contribution < 1.29 is 20.4 Å². The van der Waals surface area contributed by atoms with Crippen LogP contribution in [0.25, 0.3) is 10.9 Å². The van der Waals surface area contributed by atoms with Gasteiger partial charge in [-0.25, -0.2) is 4.98 Å². The van der Waals surface area contributed by atoms with Crippen LogP contribution in [0.5, 0.6) is 5.88 Å². The number of aryl methyl sites for hydroxylation is 1. The summed E-state index contributed by atoms with van der Waals surface area (Å²) >= 11 is 0. The zero-order chi connectivity index (χ0) is 22.5. The SMILES string of the molecule is CC.Cc1[nH]nc2cnc(OCC(C)(C)OCCOCCOCc3ccccc3)cc12.[HH]. The highest BCUT2D eigenvalue weighted by Crippen LogP contribution is 2.20. The summed E-state index contributed by atoms with van der Waals surface area (Å²) in [5.41, 5.74) is 2.53. The fraction of sp³-hybridized carbons (Fsp3) is 0.500. The minimum absolute atomic E-state index is 0. The molecule has 0 saturated heterocycles. The lowest BCUT2D eigenvalue weighted by Crippen LogP contribution is -2.33. The topological polar surface area (TPSA) is 78.5 Å². The molecule has 2 aromatic heterocycles. The van der Waals surface area contributed by atoms with Crippen molar-refractivity contribution in [3.63, 3.8) is 0 Å². The fourth-order valence-electron chi connectivity index (χ4n) is 2.75. The number of aromatic nitrogens is 3. The molecule has 0 aliphatic carbocycles. The Morgan fingerprint density at radius 1 is 1.00 bits per heavy atom. The van der Waals surface area contributed by atoms with Gasteiger partial charge in [0.15, 0.2) is 0 Å². The molecular weight excluding hydrogens is 394 g/mol. The van der Waals surface area contributed by atoms with Crippen molar-refractivity contribution in [2.24, 2.45) is 0 Å². The summed E-state index contributed by atoms with van der Waals surface area (Å²) in [7, 11) is 0. The van der Waals surface area contributed by atoms with E-state index in [1.54, 1.807) is 6.20 Å². The van der Waals surface area contributed by atoms with Gasteiger partial charge >= 0.3 is 0 Å². The highest BCUT2D eigenvalue weighted by molar-refractivity contribution is 5.81. The third kappa shape index (κ3) is 8.65. The Morgan fingerprint density at radius 3 is 2.48 bits per heavy atom. The number of H-pyrrole nitrogens is 1. The molecule has 3 aromatic rings. The van der Waals surface area contributed by atoms with Crippen LogP contribution in [-0.4, -0.2) is 53.8 Å². The summed E-state index contributed by atoms with van der Waals surface area (Å²) in [6, 6.07) is 12.0. The predicted molar refractivity (Wildman–Crippen MR) is 125 cm³/mol. The van der Waals surface area contributed by atoms with Gasteiger partial charge < -0.3 is 18.9 Å². The number of hydrogen-bond donors (Lipinski definition) is 1. The Labute approximate surface area is 186 Å². The minimum atomic E-state index is -0.449. The Kier molecular flexibility index (Phi) is 10.4. The van der Waals surface area contributed by atoms with Gasteiger partial charge in [-0.15, -0.1) is 0 Å². The molecule has 31 heavy (non-hydrogen) atoms. The highest BCUT2D eigenvalue weighted by Gasteiger charge is 2.20. The van der Waals surface area contributed by atoms with Gasteiger partial charge in [-0.3, -0.25) is 5.10 Å². The molecule has 7 heteroatoms. The molecule has 0 atom stereocenters. The molecule has 0 unspecified atom stereocenters. The van der Waals surface area contributed by atoms with E-state index < -0.39 is 5.60 Å². The van der Waals surface area contributed by atoms with Gasteiger partial charge in [0.25, 0.3) is 0 Å². The van der Waals surface area contributed by atoms with Crippen molar-refractivity contribution in [3.8, 4) is 5.88 Å². The Balaban J connectivity index is 0.00000166. The van der Waals surface area contributed by atoms with Crippen LogP contribution in [-0.2, 0) is 20.8 Å². The van der Waals surface area contributed by atoms with Gasteiger partial charge in [-0.2, -0.15) is 5.10 Å². The van der Waals surface area contributed by atoms with Crippen molar-refractivity contribution in [1.29, 1.82) is 0 Å². The van der Waals surface area contributed by atoms with E-state index in [0.717, 1.165) is 22.2 Å². The van der Waals surface area contributed by atoms with E-state index in [4.69, 9.17) is 18.9 Å². The molecule has 1 N–H and O–H groups in total. The summed E-state index contributed by atoms with van der Waals surface area (Å²) in [6.45, 7) is 13.0. The number of nitrogens with one attached hydrogen (secondary N) is 1. The summed E-state index contributed by atoms with van der Waals surface area (Å²) in [6.07, 6.45) is 1.70. The number of rotatable bonds is 12. The van der Waals surface area contributed by atoms with Gasteiger partial charge in [0.1, 0.15) is 12.1 Å². The minimum Gasteiger partial charge on any atom is -0.475 e. The second kappa shape index (κ2) is 13.0. The average molecular weight is 432 g/mol. The largest absolute Gasteiger partial charge is 0.475 e. The van der Waals surface area contributed by atoms with Crippen LogP contribution >= 0.6 is 0 Å². The molecular formula is C24H37N3O4. The van der Waals surface area contributed by atoms with Gasteiger partial charge in [-0.05, 0) is 26.3 Å². The quantitative estimate of drug-likeness (QED) is 0.409. The van der Waals surface area contributed by atoms with E-state index in [-0.39, 0.29) is 1.43 Å². The van der Waals surface area contributed by atoms with Crippen molar-refractivity contribution in [3.05, 3.63) is 53.9 Å². The van der Waals surface area contributed by atoms with Crippen LogP contribution in [0.4, 0.5) is 0 Å². The molecule has 172 valence electrons. The third-order valence-corrected chi connectivity index (χ3v) is 4.38. The van der Waals surface area contributed by atoms with E-state index in [0.29, 0.717) is 45.5 Å². The Morgan fingerprint density at radius 2 is 1.71 bits per heavy atom. The van der Waals surface area contributed by atoms with E-state index in [9.17, 15) is 0 Å². The molecule has 1 aromatic carbocycles. The second-order valence-corrected chi connectivity index (χ2v) is 7.44. The fourth-order valence-corrected chi connectivity index (χ4v) is 2.75. The Hall–Kier alpha value is -2.48. The lowest BCUT2D eigenvalue weighted by molar-refractivity contribution is -0.0722. The lowest BCUT2D eigenvalue weighted by atomic mass is 10.1. The first-order valence-corrected chi connectivity index (χ1v) is 10.8. The first kappa shape index (κ1) is 24.8. The summed E-state index contributed by atoms with van der Waals surface area (Å²) in [5.74, 6) is 0.561. The van der Waals surface area contributed by atoms with Crippen LogP contribution in [0.15, 0.2) is 42.6 Å². The zero-order valence-electron chi connectivity index (χ0n) is 19.3.